The van der Waals surface area contributed by atoms with Crippen molar-refractivity contribution in [2.45, 2.75) is 13.3 Å². The van der Waals surface area contributed by atoms with Crippen LogP contribution in [0.5, 0.6) is 0 Å². The quantitative estimate of drug-likeness (QED) is 0.843. The Bertz CT molecular complexity index is 681. The summed E-state index contributed by atoms with van der Waals surface area (Å²) in [6.45, 7) is 2.08. The molecule has 0 aliphatic rings. The van der Waals surface area contributed by atoms with Gasteiger partial charge in [0.1, 0.15) is 0 Å². The Kier molecular flexibility index (Phi) is 4.93. The maximum absolute atomic E-state index is 12.3. The van der Waals surface area contributed by atoms with Crippen LogP contribution < -0.4 is 16.0 Å². The van der Waals surface area contributed by atoms with Crippen LogP contribution in [0, 0.1) is 0 Å². The van der Waals surface area contributed by atoms with Crippen molar-refractivity contribution >= 4 is 34.6 Å². The van der Waals surface area contributed by atoms with E-state index in [9.17, 15) is 4.79 Å². The van der Waals surface area contributed by atoms with Crippen LogP contribution in [0.1, 0.15) is 22.8 Å². The molecule has 0 spiro atoms. The lowest BCUT2D eigenvalue weighted by atomic mass is 10.1. The third-order valence-corrected chi connectivity index (χ3v) is 3.78. The van der Waals surface area contributed by atoms with Gasteiger partial charge in [-0.25, -0.2) is 0 Å². The predicted octanol–water partition coefficient (Wildman–Crippen LogP) is 3.80. The van der Waals surface area contributed by atoms with Gasteiger partial charge in [-0.2, -0.15) is 0 Å². The number of nitrogen functional groups attached to an aromatic ring is 1. The van der Waals surface area contributed by atoms with Crippen molar-refractivity contribution in [1.29, 1.82) is 0 Å². The van der Waals surface area contributed by atoms with Crippen molar-refractivity contribution < 1.29 is 4.79 Å². The van der Waals surface area contributed by atoms with Gasteiger partial charge in [0.05, 0.1) is 22.1 Å². The smallest absolute Gasteiger partial charge is 0.255 e. The molecule has 0 aromatic heterocycles. The van der Waals surface area contributed by atoms with E-state index in [1.54, 1.807) is 12.1 Å². The molecular weight excluding hydrogens is 298 g/mol. The van der Waals surface area contributed by atoms with Crippen LogP contribution in [0.3, 0.4) is 0 Å². The Labute approximate surface area is 135 Å². The molecule has 0 aliphatic carbocycles. The highest BCUT2D eigenvalue weighted by Gasteiger charge is 2.12. The van der Waals surface area contributed by atoms with Crippen molar-refractivity contribution in [3.05, 3.63) is 52.5 Å². The van der Waals surface area contributed by atoms with Crippen LogP contribution in [0.15, 0.2) is 36.4 Å². The number of nitrogens with two attached hydrogens (primary N) is 1. The lowest BCUT2D eigenvalue weighted by Crippen LogP contribution is -2.15. The number of hydrogen-bond donors (Lipinski definition) is 2. The molecule has 2 aromatic rings. The lowest BCUT2D eigenvalue weighted by Gasteiger charge is -2.18. The van der Waals surface area contributed by atoms with E-state index in [2.05, 4.69) is 12.2 Å². The van der Waals surface area contributed by atoms with Crippen LogP contribution >= 0.6 is 11.6 Å². The van der Waals surface area contributed by atoms with Crippen LogP contribution in [-0.2, 0) is 6.42 Å². The Morgan fingerprint density at radius 1 is 1.23 bits per heavy atom. The summed E-state index contributed by atoms with van der Waals surface area (Å²) >= 11 is 6.17. The summed E-state index contributed by atoms with van der Waals surface area (Å²) < 4.78 is 0. The first-order chi connectivity index (χ1) is 10.4. The second-order valence-corrected chi connectivity index (χ2v) is 5.70. The summed E-state index contributed by atoms with van der Waals surface area (Å²) in [5.74, 6) is -0.195. The maximum Gasteiger partial charge on any atom is 0.255 e. The highest BCUT2D eigenvalue weighted by atomic mass is 35.5. The van der Waals surface area contributed by atoms with E-state index < -0.39 is 0 Å². The fraction of sp³-hybridized carbons (Fsp3) is 0.235. The van der Waals surface area contributed by atoms with Gasteiger partial charge < -0.3 is 16.0 Å². The van der Waals surface area contributed by atoms with E-state index in [0.717, 1.165) is 12.1 Å². The molecule has 3 N–H and O–H groups in total. The van der Waals surface area contributed by atoms with Gasteiger partial charge >= 0.3 is 0 Å². The molecule has 0 radical (unpaired) electrons. The van der Waals surface area contributed by atoms with Gasteiger partial charge in [0, 0.05) is 19.7 Å². The number of rotatable bonds is 4. The van der Waals surface area contributed by atoms with Crippen molar-refractivity contribution in [3.63, 3.8) is 0 Å². The van der Waals surface area contributed by atoms with Gasteiger partial charge in [-0.3, -0.25) is 4.79 Å². The third kappa shape index (κ3) is 3.52. The van der Waals surface area contributed by atoms with Crippen molar-refractivity contribution in [1.82, 2.24) is 0 Å². The number of carbonyl (C=O) groups excluding carboxylic acids is 1. The average molecular weight is 318 g/mol. The first-order valence-electron chi connectivity index (χ1n) is 7.09. The Morgan fingerprint density at radius 3 is 2.41 bits per heavy atom. The molecule has 0 heterocycles. The standard InChI is InChI=1S/C17H20ClN3O/c1-4-11-5-7-12(8-6-11)17(22)20-15-10-16(21(2)3)14(19)9-13(15)18/h5-10H,4,19H2,1-3H3,(H,20,22). The summed E-state index contributed by atoms with van der Waals surface area (Å²) in [6, 6.07) is 10.9. The summed E-state index contributed by atoms with van der Waals surface area (Å²) in [7, 11) is 3.77. The van der Waals surface area contributed by atoms with E-state index in [1.165, 1.54) is 5.56 Å². The molecule has 2 rings (SSSR count). The Hall–Kier alpha value is -2.20. The van der Waals surface area contributed by atoms with E-state index in [-0.39, 0.29) is 5.91 Å². The maximum atomic E-state index is 12.3. The largest absolute Gasteiger partial charge is 0.397 e. The van der Waals surface area contributed by atoms with E-state index >= 15 is 0 Å². The number of amides is 1. The number of aryl methyl sites for hydroxylation is 1. The van der Waals surface area contributed by atoms with Gasteiger partial charge in [0.25, 0.3) is 5.91 Å². The van der Waals surface area contributed by atoms with E-state index in [0.29, 0.717) is 22.0 Å². The molecule has 0 bridgehead atoms. The highest BCUT2D eigenvalue weighted by Crippen LogP contribution is 2.32. The van der Waals surface area contributed by atoms with Crippen molar-refractivity contribution in [2.75, 3.05) is 30.0 Å². The molecule has 0 saturated heterocycles. The first kappa shape index (κ1) is 16.2. The molecular formula is C17H20ClN3O. The number of anilines is 3. The predicted molar refractivity (Wildman–Crippen MR) is 94.0 cm³/mol. The van der Waals surface area contributed by atoms with Crippen molar-refractivity contribution in [3.8, 4) is 0 Å². The fourth-order valence-corrected chi connectivity index (χ4v) is 2.37. The van der Waals surface area contributed by atoms with Crippen LogP contribution in [0.2, 0.25) is 5.02 Å². The second kappa shape index (κ2) is 6.71. The van der Waals surface area contributed by atoms with Crippen LogP contribution in [0.25, 0.3) is 0 Å². The zero-order valence-corrected chi connectivity index (χ0v) is 13.7. The molecule has 0 unspecified atom stereocenters. The molecule has 2 aromatic carbocycles. The number of nitrogens with zero attached hydrogens (tertiary/aromatic N) is 1. The number of benzene rings is 2. The second-order valence-electron chi connectivity index (χ2n) is 5.29. The van der Waals surface area contributed by atoms with Gasteiger partial charge in [-0.05, 0) is 36.2 Å². The third-order valence-electron chi connectivity index (χ3n) is 3.47. The monoisotopic (exact) mass is 317 g/mol. The normalized spacial score (nSPS) is 10.4. The van der Waals surface area contributed by atoms with Crippen molar-refractivity contribution in [2.24, 2.45) is 0 Å². The molecule has 5 heteroatoms. The Morgan fingerprint density at radius 2 is 1.86 bits per heavy atom. The molecule has 4 nitrogen and oxygen atoms in total. The van der Waals surface area contributed by atoms with Gasteiger partial charge in [-0.1, -0.05) is 30.7 Å². The average Bonchev–Trinajstić information content (AvgIpc) is 2.49. The number of halogens is 1. The molecule has 0 aliphatic heterocycles. The zero-order chi connectivity index (χ0) is 16.3. The summed E-state index contributed by atoms with van der Waals surface area (Å²) in [6.07, 6.45) is 0.942. The molecule has 0 atom stereocenters. The van der Waals surface area contributed by atoms with Gasteiger partial charge in [-0.15, -0.1) is 0 Å². The molecule has 116 valence electrons. The minimum Gasteiger partial charge on any atom is -0.397 e. The number of nitrogens with one attached hydrogen (secondary N) is 1. The molecule has 0 fully saturated rings. The number of hydrogen-bond acceptors (Lipinski definition) is 3. The fourth-order valence-electron chi connectivity index (χ4n) is 2.15. The molecule has 22 heavy (non-hydrogen) atoms. The van der Waals surface area contributed by atoms with Gasteiger partial charge in [0.15, 0.2) is 0 Å². The first-order valence-corrected chi connectivity index (χ1v) is 7.46. The van der Waals surface area contributed by atoms with Crippen LogP contribution in [0.4, 0.5) is 17.1 Å². The van der Waals surface area contributed by atoms with Crippen LogP contribution in [-0.4, -0.2) is 20.0 Å². The molecule has 1 amide bonds. The summed E-state index contributed by atoms with van der Waals surface area (Å²) in [5, 5.41) is 3.25. The summed E-state index contributed by atoms with van der Waals surface area (Å²) in [4.78, 5) is 14.2. The highest BCUT2D eigenvalue weighted by molar-refractivity contribution is 6.34. The zero-order valence-electron chi connectivity index (χ0n) is 13.0. The lowest BCUT2D eigenvalue weighted by molar-refractivity contribution is 0.102. The minimum atomic E-state index is -0.195. The topological polar surface area (TPSA) is 58.4 Å². The minimum absolute atomic E-state index is 0.195. The Balaban J connectivity index is 2.25. The van der Waals surface area contributed by atoms with E-state index in [4.69, 9.17) is 17.3 Å². The number of carbonyl (C=O) groups is 1. The molecule has 0 saturated carbocycles. The SMILES string of the molecule is CCc1ccc(C(=O)Nc2cc(N(C)C)c(N)cc2Cl)cc1. The van der Waals surface area contributed by atoms with Gasteiger partial charge in [0.2, 0.25) is 0 Å². The van der Waals surface area contributed by atoms with E-state index in [1.807, 2.05) is 43.3 Å². The summed E-state index contributed by atoms with van der Waals surface area (Å²) in [5.41, 5.74) is 9.63.